The highest BCUT2D eigenvalue weighted by molar-refractivity contribution is 5.77. The van der Waals surface area contributed by atoms with Crippen LogP contribution in [-0.2, 0) is 9.53 Å². The summed E-state index contributed by atoms with van der Waals surface area (Å²) < 4.78 is 4.92. The summed E-state index contributed by atoms with van der Waals surface area (Å²) in [7, 11) is 0. The van der Waals surface area contributed by atoms with Crippen molar-refractivity contribution in [2.45, 2.75) is 32.0 Å². The molecule has 14 heavy (non-hydrogen) atoms. The number of aliphatic imine (C=N–C) groups is 1. The van der Waals surface area contributed by atoms with Crippen LogP contribution in [0.5, 0.6) is 0 Å². The van der Waals surface area contributed by atoms with Gasteiger partial charge in [0.1, 0.15) is 6.04 Å². The van der Waals surface area contributed by atoms with Crippen molar-refractivity contribution in [3.05, 3.63) is 0 Å². The maximum absolute atomic E-state index is 11.1. The number of nitrogens with one attached hydrogen (secondary N) is 1. The van der Waals surface area contributed by atoms with E-state index in [0.29, 0.717) is 13.0 Å². The molecule has 0 bridgehead atoms. The molecular formula is C8H16N4O2. The molecule has 0 aromatic heterocycles. The van der Waals surface area contributed by atoms with Crippen LogP contribution in [0.1, 0.15) is 19.8 Å². The molecule has 6 heteroatoms. The summed E-state index contributed by atoms with van der Waals surface area (Å²) in [5, 5.41) is 3.01. The van der Waals surface area contributed by atoms with Crippen LogP contribution in [0.4, 0.5) is 0 Å². The van der Waals surface area contributed by atoms with Gasteiger partial charge in [0, 0.05) is 6.54 Å². The number of nitrogens with zero attached hydrogens (tertiary/aromatic N) is 1. The summed E-state index contributed by atoms with van der Waals surface area (Å²) in [5.41, 5.74) is 10.3. The predicted molar refractivity (Wildman–Crippen MR) is 52.4 cm³/mol. The number of rotatable bonds is 4. The zero-order valence-electron chi connectivity index (χ0n) is 8.19. The number of nitrogens with two attached hydrogens (primary N) is 2. The number of cyclic esters (lactones) is 1. The number of ether oxygens (including phenoxy) is 1. The molecule has 5 N–H and O–H groups in total. The van der Waals surface area contributed by atoms with Crippen molar-refractivity contribution in [1.29, 1.82) is 0 Å². The number of esters is 1. The van der Waals surface area contributed by atoms with E-state index in [1.807, 2.05) is 0 Å². The Morgan fingerprint density at radius 1 is 1.64 bits per heavy atom. The fourth-order valence-corrected chi connectivity index (χ4v) is 1.35. The molecule has 1 aliphatic rings. The minimum atomic E-state index is -0.209. The van der Waals surface area contributed by atoms with E-state index in [1.54, 1.807) is 6.92 Å². The summed E-state index contributed by atoms with van der Waals surface area (Å²) in [4.78, 5) is 15.0. The Kier molecular flexibility index (Phi) is 3.70. The Hall–Kier alpha value is -1.30. The highest BCUT2D eigenvalue weighted by Gasteiger charge is 2.29. The second-order valence-corrected chi connectivity index (χ2v) is 3.25. The SMILES string of the molecule is CC1NC(CCCN=C(N)N)C(=O)O1. The fourth-order valence-electron chi connectivity index (χ4n) is 1.35. The first-order valence-electron chi connectivity index (χ1n) is 4.61. The zero-order chi connectivity index (χ0) is 10.6. The summed E-state index contributed by atoms with van der Waals surface area (Å²) >= 11 is 0. The molecule has 2 unspecified atom stereocenters. The smallest absolute Gasteiger partial charge is 0.324 e. The molecule has 0 spiro atoms. The van der Waals surface area contributed by atoms with E-state index in [4.69, 9.17) is 16.2 Å². The topological polar surface area (TPSA) is 103 Å². The van der Waals surface area contributed by atoms with Gasteiger partial charge in [0.05, 0.1) is 0 Å². The van der Waals surface area contributed by atoms with Crippen LogP contribution in [-0.4, -0.2) is 30.7 Å². The lowest BCUT2D eigenvalue weighted by Gasteiger charge is -2.04. The molecule has 1 aliphatic heterocycles. The summed E-state index contributed by atoms with van der Waals surface area (Å²) in [6, 6.07) is -0.209. The number of carbonyl (C=O) groups excluding carboxylic acids is 1. The maximum atomic E-state index is 11.1. The minimum absolute atomic E-state index is 0.0836. The molecule has 1 heterocycles. The van der Waals surface area contributed by atoms with Gasteiger partial charge in [-0.2, -0.15) is 0 Å². The third-order valence-electron chi connectivity index (χ3n) is 1.96. The van der Waals surface area contributed by atoms with E-state index in [9.17, 15) is 4.79 Å². The number of guanidine groups is 1. The van der Waals surface area contributed by atoms with E-state index in [1.165, 1.54) is 0 Å². The van der Waals surface area contributed by atoms with Crippen molar-refractivity contribution >= 4 is 11.9 Å². The largest absolute Gasteiger partial charge is 0.446 e. The second kappa shape index (κ2) is 4.80. The van der Waals surface area contributed by atoms with Crippen molar-refractivity contribution in [3.63, 3.8) is 0 Å². The van der Waals surface area contributed by atoms with Crippen LogP contribution in [0.2, 0.25) is 0 Å². The molecule has 0 amide bonds. The molecule has 2 atom stereocenters. The molecule has 0 radical (unpaired) electrons. The van der Waals surface area contributed by atoms with Gasteiger partial charge in [-0.1, -0.05) is 0 Å². The number of hydrogen-bond donors (Lipinski definition) is 3. The Balaban J connectivity index is 2.19. The van der Waals surface area contributed by atoms with Gasteiger partial charge in [-0.25, -0.2) is 0 Å². The number of hydrogen-bond acceptors (Lipinski definition) is 4. The van der Waals surface area contributed by atoms with Crippen molar-refractivity contribution in [1.82, 2.24) is 5.32 Å². The summed E-state index contributed by atoms with van der Waals surface area (Å²) in [5.74, 6) is -0.109. The predicted octanol–water partition coefficient (Wildman–Crippen LogP) is -1.10. The van der Waals surface area contributed by atoms with Gasteiger partial charge in [-0.05, 0) is 19.8 Å². The number of carbonyl (C=O) groups is 1. The Morgan fingerprint density at radius 2 is 2.36 bits per heavy atom. The molecule has 1 saturated heterocycles. The maximum Gasteiger partial charge on any atom is 0.324 e. The Morgan fingerprint density at radius 3 is 2.86 bits per heavy atom. The molecule has 0 saturated carbocycles. The molecule has 6 nitrogen and oxygen atoms in total. The monoisotopic (exact) mass is 200 g/mol. The van der Waals surface area contributed by atoms with E-state index < -0.39 is 0 Å². The van der Waals surface area contributed by atoms with Crippen LogP contribution in [0.25, 0.3) is 0 Å². The van der Waals surface area contributed by atoms with E-state index in [2.05, 4.69) is 10.3 Å². The van der Waals surface area contributed by atoms with Gasteiger partial charge in [0.2, 0.25) is 0 Å². The van der Waals surface area contributed by atoms with E-state index in [-0.39, 0.29) is 24.2 Å². The molecule has 80 valence electrons. The van der Waals surface area contributed by atoms with Crippen molar-refractivity contribution in [2.24, 2.45) is 16.5 Å². The third-order valence-corrected chi connectivity index (χ3v) is 1.96. The first-order chi connectivity index (χ1) is 6.59. The molecule has 0 aromatic carbocycles. The first kappa shape index (κ1) is 10.8. The lowest BCUT2D eigenvalue weighted by atomic mass is 10.1. The van der Waals surface area contributed by atoms with Gasteiger partial charge in [0.15, 0.2) is 12.2 Å². The van der Waals surface area contributed by atoms with Gasteiger partial charge in [0.25, 0.3) is 0 Å². The van der Waals surface area contributed by atoms with Crippen LogP contribution < -0.4 is 16.8 Å². The Bertz CT molecular complexity index is 237. The van der Waals surface area contributed by atoms with Crippen LogP contribution in [0, 0.1) is 0 Å². The van der Waals surface area contributed by atoms with Gasteiger partial charge in [-0.3, -0.25) is 15.1 Å². The van der Waals surface area contributed by atoms with Crippen molar-refractivity contribution in [2.75, 3.05) is 6.54 Å². The zero-order valence-corrected chi connectivity index (χ0v) is 8.19. The van der Waals surface area contributed by atoms with E-state index in [0.717, 1.165) is 6.42 Å². The Labute approximate surface area is 82.7 Å². The van der Waals surface area contributed by atoms with Crippen LogP contribution in [0.15, 0.2) is 4.99 Å². The standard InChI is InChI=1S/C8H16N4O2/c1-5-12-6(7(13)14-5)3-2-4-11-8(9)10/h5-6,12H,2-4H2,1H3,(H4,9,10,11). The van der Waals surface area contributed by atoms with Gasteiger partial charge in [-0.15, -0.1) is 0 Å². The molecule has 0 aromatic rings. The summed E-state index contributed by atoms with van der Waals surface area (Å²) in [6.45, 7) is 2.34. The average Bonchev–Trinajstić information content (AvgIpc) is 2.39. The molecule has 0 aliphatic carbocycles. The lowest BCUT2D eigenvalue weighted by molar-refractivity contribution is -0.141. The molecule has 1 rings (SSSR count). The highest BCUT2D eigenvalue weighted by atomic mass is 16.6. The quantitative estimate of drug-likeness (QED) is 0.231. The molecule has 1 fully saturated rings. The van der Waals surface area contributed by atoms with E-state index >= 15 is 0 Å². The average molecular weight is 200 g/mol. The first-order valence-corrected chi connectivity index (χ1v) is 4.61. The molecular weight excluding hydrogens is 184 g/mol. The third kappa shape index (κ3) is 3.21. The fraction of sp³-hybridized carbons (Fsp3) is 0.750. The second-order valence-electron chi connectivity index (χ2n) is 3.25. The lowest BCUT2D eigenvalue weighted by Crippen LogP contribution is -2.30. The van der Waals surface area contributed by atoms with Crippen LogP contribution in [0.3, 0.4) is 0 Å². The summed E-state index contributed by atoms with van der Waals surface area (Å²) in [6.07, 6.45) is 1.27. The van der Waals surface area contributed by atoms with Crippen molar-refractivity contribution in [3.8, 4) is 0 Å². The normalized spacial score (nSPS) is 25.9. The van der Waals surface area contributed by atoms with Gasteiger partial charge < -0.3 is 16.2 Å². The minimum Gasteiger partial charge on any atom is -0.446 e. The van der Waals surface area contributed by atoms with Gasteiger partial charge >= 0.3 is 5.97 Å². The highest BCUT2D eigenvalue weighted by Crippen LogP contribution is 2.09. The van der Waals surface area contributed by atoms with Crippen molar-refractivity contribution < 1.29 is 9.53 Å². The van der Waals surface area contributed by atoms with Crippen LogP contribution >= 0.6 is 0 Å².